The Morgan fingerprint density at radius 1 is 1.25 bits per heavy atom. The average molecular weight is 383 g/mol. The standard InChI is InChI=1S/C21H29N5O2/c1-6-12-28-20-14-18(8-9-19(20)27-5)15-24-21(22-4)23-10-7-11-26-17(3)13-16(2)25-26/h1,8-9,13-14H,7,10-12,15H2,2-5H3,(H2,22,23,24). The Hall–Kier alpha value is -3.14. The van der Waals surface area contributed by atoms with Crippen molar-refractivity contribution in [1.82, 2.24) is 20.4 Å². The lowest BCUT2D eigenvalue weighted by Crippen LogP contribution is -2.37. The van der Waals surface area contributed by atoms with E-state index >= 15 is 0 Å². The van der Waals surface area contributed by atoms with Gasteiger partial charge >= 0.3 is 0 Å². The molecule has 0 unspecified atom stereocenters. The van der Waals surface area contributed by atoms with Crippen LogP contribution in [0.4, 0.5) is 0 Å². The topological polar surface area (TPSA) is 72.7 Å². The number of hydrogen-bond donors (Lipinski definition) is 2. The predicted octanol–water partition coefficient (Wildman–Crippen LogP) is 2.28. The summed E-state index contributed by atoms with van der Waals surface area (Å²) in [6, 6.07) is 7.85. The van der Waals surface area contributed by atoms with Gasteiger partial charge in [-0.1, -0.05) is 12.0 Å². The van der Waals surface area contributed by atoms with Crippen LogP contribution in [0, 0.1) is 26.2 Å². The highest BCUT2D eigenvalue weighted by Crippen LogP contribution is 2.27. The van der Waals surface area contributed by atoms with E-state index in [4.69, 9.17) is 15.9 Å². The van der Waals surface area contributed by atoms with Crippen LogP contribution in [0.3, 0.4) is 0 Å². The molecule has 0 spiro atoms. The molecule has 0 aliphatic rings. The molecule has 28 heavy (non-hydrogen) atoms. The lowest BCUT2D eigenvalue weighted by molar-refractivity contribution is 0.330. The van der Waals surface area contributed by atoms with Crippen molar-refractivity contribution in [2.24, 2.45) is 4.99 Å². The zero-order chi connectivity index (χ0) is 20.4. The van der Waals surface area contributed by atoms with Crippen molar-refractivity contribution in [1.29, 1.82) is 0 Å². The highest BCUT2D eigenvalue weighted by molar-refractivity contribution is 5.79. The fourth-order valence-corrected chi connectivity index (χ4v) is 2.81. The zero-order valence-corrected chi connectivity index (χ0v) is 17.1. The van der Waals surface area contributed by atoms with E-state index in [1.807, 2.05) is 29.8 Å². The van der Waals surface area contributed by atoms with Crippen LogP contribution < -0.4 is 20.1 Å². The summed E-state index contributed by atoms with van der Waals surface area (Å²) in [7, 11) is 3.36. The molecule has 0 aliphatic carbocycles. The summed E-state index contributed by atoms with van der Waals surface area (Å²) in [6.45, 7) is 6.56. The molecule has 1 aromatic heterocycles. The smallest absolute Gasteiger partial charge is 0.191 e. The molecule has 0 saturated carbocycles. The molecule has 2 aromatic rings. The summed E-state index contributed by atoms with van der Waals surface area (Å²) in [4.78, 5) is 4.26. The third kappa shape index (κ3) is 6.23. The molecule has 0 fully saturated rings. The summed E-state index contributed by atoms with van der Waals surface area (Å²) in [6.07, 6.45) is 6.22. The van der Waals surface area contributed by atoms with Crippen molar-refractivity contribution in [3.63, 3.8) is 0 Å². The largest absolute Gasteiger partial charge is 0.493 e. The fourth-order valence-electron chi connectivity index (χ4n) is 2.81. The lowest BCUT2D eigenvalue weighted by atomic mass is 10.2. The van der Waals surface area contributed by atoms with Crippen molar-refractivity contribution < 1.29 is 9.47 Å². The van der Waals surface area contributed by atoms with Crippen LogP contribution in [0.1, 0.15) is 23.4 Å². The third-order valence-corrected chi connectivity index (χ3v) is 4.17. The first kappa shape index (κ1) is 21.2. The minimum Gasteiger partial charge on any atom is -0.493 e. The van der Waals surface area contributed by atoms with Crippen LogP contribution in [-0.2, 0) is 13.1 Å². The molecule has 2 rings (SSSR count). The number of hydrogen-bond acceptors (Lipinski definition) is 4. The number of aliphatic imine (C=N–C) groups is 1. The van der Waals surface area contributed by atoms with Gasteiger partial charge in [0.1, 0.15) is 6.61 Å². The number of aryl methyl sites for hydroxylation is 3. The molecule has 0 bridgehead atoms. The van der Waals surface area contributed by atoms with Crippen molar-refractivity contribution in [3.05, 3.63) is 41.2 Å². The minimum atomic E-state index is 0.200. The summed E-state index contributed by atoms with van der Waals surface area (Å²) in [5.41, 5.74) is 3.27. The van der Waals surface area contributed by atoms with Gasteiger partial charge in [-0.25, -0.2) is 0 Å². The number of nitrogens with zero attached hydrogens (tertiary/aromatic N) is 3. The monoisotopic (exact) mass is 383 g/mol. The Labute approximate surface area is 167 Å². The molecule has 7 heteroatoms. The second-order valence-corrected chi connectivity index (χ2v) is 6.33. The van der Waals surface area contributed by atoms with Crippen LogP contribution in [-0.4, -0.2) is 43.0 Å². The number of methoxy groups -OCH3 is 1. The van der Waals surface area contributed by atoms with E-state index in [2.05, 4.69) is 39.6 Å². The molecule has 7 nitrogen and oxygen atoms in total. The molecule has 0 saturated heterocycles. The molecule has 0 amide bonds. The number of nitrogens with one attached hydrogen (secondary N) is 2. The number of ether oxygens (including phenoxy) is 2. The van der Waals surface area contributed by atoms with Gasteiger partial charge in [-0.2, -0.15) is 5.10 Å². The van der Waals surface area contributed by atoms with E-state index < -0.39 is 0 Å². The maximum atomic E-state index is 5.54. The molecule has 0 aliphatic heterocycles. The number of aromatic nitrogens is 2. The highest BCUT2D eigenvalue weighted by atomic mass is 16.5. The van der Waals surface area contributed by atoms with E-state index in [-0.39, 0.29) is 6.61 Å². The Morgan fingerprint density at radius 2 is 2.07 bits per heavy atom. The van der Waals surface area contributed by atoms with Crippen LogP contribution in [0.25, 0.3) is 0 Å². The first-order chi connectivity index (χ1) is 13.6. The van der Waals surface area contributed by atoms with Crippen molar-refractivity contribution in [2.75, 3.05) is 27.3 Å². The molecule has 0 radical (unpaired) electrons. The van der Waals surface area contributed by atoms with Gasteiger partial charge < -0.3 is 20.1 Å². The summed E-state index contributed by atoms with van der Waals surface area (Å²) in [5, 5.41) is 11.1. The van der Waals surface area contributed by atoms with Gasteiger partial charge in [-0.3, -0.25) is 9.67 Å². The molecule has 2 N–H and O–H groups in total. The molecule has 150 valence electrons. The normalized spacial score (nSPS) is 11.0. The Morgan fingerprint density at radius 3 is 2.71 bits per heavy atom. The lowest BCUT2D eigenvalue weighted by Gasteiger charge is -2.14. The van der Waals surface area contributed by atoms with Gasteiger partial charge in [-0.05, 0) is 44.0 Å². The van der Waals surface area contributed by atoms with Gasteiger partial charge in [0.25, 0.3) is 0 Å². The van der Waals surface area contributed by atoms with Crippen molar-refractivity contribution >= 4 is 5.96 Å². The number of benzene rings is 1. The summed E-state index contributed by atoms with van der Waals surface area (Å²) in [5.74, 6) is 4.50. The van der Waals surface area contributed by atoms with Gasteiger partial charge in [0.15, 0.2) is 17.5 Å². The highest BCUT2D eigenvalue weighted by Gasteiger charge is 2.06. The molecular weight excluding hydrogens is 354 g/mol. The van der Waals surface area contributed by atoms with Crippen LogP contribution in [0.5, 0.6) is 11.5 Å². The second kappa shape index (κ2) is 10.9. The first-order valence-electron chi connectivity index (χ1n) is 9.26. The van der Waals surface area contributed by atoms with E-state index in [0.29, 0.717) is 18.0 Å². The minimum absolute atomic E-state index is 0.200. The van der Waals surface area contributed by atoms with Crippen molar-refractivity contribution in [3.8, 4) is 23.8 Å². The van der Waals surface area contributed by atoms with Gasteiger partial charge in [0, 0.05) is 32.4 Å². The van der Waals surface area contributed by atoms with Gasteiger partial charge in [-0.15, -0.1) is 6.42 Å². The summed E-state index contributed by atoms with van der Waals surface area (Å²) < 4.78 is 12.9. The number of terminal acetylenes is 1. The van der Waals surface area contributed by atoms with E-state index in [1.165, 1.54) is 5.69 Å². The Balaban J connectivity index is 1.81. The average Bonchev–Trinajstić information content (AvgIpc) is 3.02. The molecule has 1 heterocycles. The fraction of sp³-hybridized carbons (Fsp3) is 0.429. The third-order valence-electron chi connectivity index (χ3n) is 4.17. The SMILES string of the molecule is C#CCOc1cc(CNC(=NC)NCCCn2nc(C)cc2C)ccc1OC. The van der Waals surface area contributed by atoms with E-state index in [9.17, 15) is 0 Å². The Bertz CT molecular complexity index is 836. The first-order valence-corrected chi connectivity index (χ1v) is 9.26. The van der Waals surface area contributed by atoms with Crippen LogP contribution in [0.15, 0.2) is 29.3 Å². The van der Waals surface area contributed by atoms with Gasteiger partial charge in [0.05, 0.1) is 12.8 Å². The zero-order valence-electron chi connectivity index (χ0n) is 17.1. The van der Waals surface area contributed by atoms with Crippen molar-refractivity contribution in [2.45, 2.75) is 33.4 Å². The molecule has 1 aromatic carbocycles. The van der Waals surface area contributed by atoms with E-state index in [0.717, 1.165) is 36.7 Å². The second-order valence-electron chi connectivity index (χ2n) is 6.33. The molecular formula is C21H29N5O2. The maximum absolute atomic E-state index is 5.54. The Kier molecular flexibility index (Phi) is 8.22. The number of guanidine groups is 1. The predicted molar refractivity (Wildman–Crippen MR) is 112 cm³/mol. The van der Waals surface area contributed by atoms with Gasteiger partial charge in [0.2, 0.25) is 0 Å². The maximum Gasteiger partial charge on any atom is 0.191 e. The van der Waals surface area contributed by atoms with Crippen LogP contribution in [0.2, 0.25) is 0 Å². The quantitative estimate of drug-likeness (QED) is 0.301. The van der Waals surface area contributed by atoms with Crippen LogP contribution >= 0.6 is 0 Å². The number of rotatable bonds is 9. The summed E-state index contributed by atoms with van der Waals surface area (Å²) >= 11 is 0. The van der Waals surface area contributed by atoms with E-state index in [1.54, 1.807) is 14.2 Å². The molecule has 0 atom stereocenters.